The van der Waals surface area contributed by atoms with Gasteiger partial charge in [0, 0.05) is 4.47 Å². The van der Waals surface area contributed by atoms with Crippen LogP contribution in [0.15, 0.2) is 40.9 Å². The van der Waals surface area contributed by atoms with Crippen LogP contribution in [0, 0.1) is 20.8 Å². The third-order valence-corrected chi connectivity index (χ3v) is 4.86. The van der Waals surface area contributed by atoms with Gasteiger partial charge in [0.15, 0.2) is 0 Å². The number of rotatable bonds is 4. The topological polar surface area (TPSA) is 12.0 Å². The number of hydrogen-bond acceptors (Lipinski definition) is 1. The SMILES string of the molecule is CCNC(c1ccc(C)cc1)c1cc(C)c(Br)c(C)c1. The fourth-order valence-electron chi connectivity index (χ4n) is 2.54. The maximum absolute atomic E-state index is 3.65. The van der Waals surface area contributed by atoms with E-state index in [0.29, 0.717) is 0 Å². The van der Waals surface area contributed by atoms with Crippen LogP contribution in [0.5, 0.6) is 0 Å². The Morgan fingerprint density at radius 2 is 1.50 bits per heavy atom. The molecule has 0 saturated heterocycles. The van der Waals surface area contributed by atoms with Crippen molar-refractivity contribution in [3.8, 4) is 0 Å². The van der Waals surface area contributed by atoms with Gasteiger partial charge in [0.2, 0.25) is 0 Å². The summed E-state index contributed by atoms with van der Waals surface area (Å²) in [7, 11) is 0. The smallest absolute Gasteiger partial charge is 0.0576 e. The molecule has 1 nitrogen and oxygen atoms in total. The lowest BCUT2D eigenvalue weighted by molar-refractivity contribution is 0.629. The number of nitrogens with one attached hydrogen (secondary N) is 1. The molecule has 2 heteroatoms. The van der Waals surface area contributed by atoms with Gasteiger partial charge < -0.3 is 5.32 Å². The molecule has 1 atom stereocenters. The Balaban J connectivity index is 2.45. The van der Waals surface area contributed by atoms with Crippen LogP contribution < -0.4 is 5.32 Å². The molecule has 1 N–H and O–H groups in total. The molecule has 0 amide bonds. The monoisotopic (exact) mass is 331 g/mol. The Hall–Kier alpha value is -1.12. The average Bonchev–Trinajstić information content (AvgIpc) is 2.43. The molecule has 0 bridgehead atoms. The van der Waals surface area contributed by atoms with Crippen molar-refractivity contribution in [1.82, 2.24) is 5.32 Å². The van der Waals surface area contributed by atoms with Crippen LogP contribution in [0.2, 0.25) is 0 Å². The number of hydrogen-bond donors (Lipinski definition) is 1. The highest BCUT2D eigenvalue weighted by Gasteiger charge is 2.14. The van der Waals surface area contributed by atoms with Crippen molar-refractivity contribution >= 4 is 15.9 Å². The largest absolute Gasteiger partial charge is 0.307 e. The lowest BCUT2D eigenvalue weighted by Gasteiger charge is -2.21. The minimum absolute atomic E-state index is 0.256. The first-order chi connectivity index (χ1) is 9.52. The van der Waals surface area contributed by atoms with Gasteiger partial charge in [-0.1, -0.05) is 64.8 Å². The van der Waals surface area contributed by atoms with E-state index in [1.807, 2.05) is 0 Å². The predicted octanol–water partition coefficient (Wildman–Crippen LogP) is 5.07. The molecule has 0 fully saturated rings. The highest BCUT2D eigenvalue weighted by atomic mass is 79.9. The Bertz CT molecular complexity index is 564. The Morgan fingerprint density at radius 1 is 0.950 bits per heavy atom. The first-order valence-corrected chi connectivity index (χ1v) is 7.88. The van der Waals surface area contributed by atoms with Crippen LogP contribution in [0.25, 0.3) is 0 Å². The van der Waals surface area contributed by atoms with Crippen molar-refractivity contribution in [2.24, 2.45) is 0 Å². The highest BCUT2D eigenvalue weighted by Crippen LogP contribution is 2.29. The van der Waals surface area contributed by atoms with E-state index >= 15 is 0 Å². The van der Waals surface area contributed by atoms with Gasteiger partial charge in [0.1, 0.15) is 0 Å². The third-order valence-electron chi connectivity index (χ3n) is 3.61. The molecule has 0 aliphatic carbocycles. The van der Waals surface area contributed by atoms with Gasteiger partial charge in [-0.25, -0.2) is 0 Å². The Labute approximate surface area is 130 Å². The lowest BCUT2D eigenvalue weighted by atomic mass is 9.95. The van der Waals surface area contributed by atoms with Crippen LogP contribution in [-0.4, -0.2) is 6.54 Å². The number of halogens is 1. The molecule has 0 aromatic heterocycles. The fraction of sp³-hybridized carbons (Fsp3) is 0.333. The minimum atomic E-state index is 0.256. The predicted molar refractivity (Wildman–Crippen MR) is 90.3 cm³/mol. The molecule has 106 valence electrons. The van der Waals surface area contributed by atoms with Gasteiger partial charge in [-0.2, -0.15) is 0 Å². The molecule has 0 aliphatic rings. The van der Waals surface area contributed by atoms with Gasteiger partial charge in [0.25, 0.3) is 0 Å². The average molecular weight is 332 g/mol. The Kier molecular flexibility index (Phi) is 5.00. The van der Waals surface area contributed by atoms with Crippen LogP contribution in [0.3, 0.4) is 0 Å². The van der Waals surface area contributed by atoms with Crippen molar-refractivity contribution in [2.45, 2.75) is 33.7 Å². The highest BCUT2D eigenvalue weighted by molar-refractivity contribution is 9.10. The molecular weight excluding hydrogens is 310 g/mol. The second-order valence-corrected chi connectivity index (χ2v) is 6.16. The minimum Gasteiger partial charge on any atom is -0.307 e. The van der Waals surface area contributed by atoms with Crippen LogP contribution in [0.1, 0.15) is 40.8 Å². The summed E-state index contributed by atoms with van der Waals surface area (Å²) in [5.74, 6) is 0. The maximum Gasteiger partial charge on any atom is 0.0576 e. The van der Waals surface area contributed by atoms with Crippen LogP contribution >= 0.6 is 15.9 Å². The van der Waals surface area contributed by atoms with Crippen molar-refractivity contribution in [2.75, 3.05) is 6.54 Å². The summed E-state index contributed by atoms with van der Waals surface area (Å²) < 4.78 is 1.21. The van der Waals surface area contributed by atoms with E-state index in [9.17, 15) is 0 Å². The van der Waals surface area contributed by atoms with E-state index in [2.05, 4.69) is 85.3 Å². The van der Waals surface area contributed by atoms with Crippen LogP contribution in [0.4, 0.5) is 0 Å². The fourth-order valence-corrected chi connectivity index (χ4v) is 2.77. The first kappa shape index (κ1) is 15.3. The summed E-state index contributed by atoms with van der Waals surface area (Å²) >= 11 is 3.65. The van der Waals surface area contributed by atoms with Gasteiger partial charge >= 0.3 is 0 Å². The van der Waals surface area contributed by atoms with E-state index in [4.69, 9.17) is 0 Å². The van der Waals surface area contributed by atoms with E-state index in [1.54, 1.807) is 0 Å². The molecule has 0 spiro atoms. The quantitative estimate of drug-likeness (QED) is 0.824. The zero-order chi connectivity index (χ0) is 14.7. The normalized spacial score (nSPS) is 12.4. The maximum atomic E-state index is 3.65. The molecule has 1 unspecified atom stereocenters. The van der Waals surface area contributed by atoms with Crippen molar-refractivity contribution in [3.05, 3.63) is 68.7 Å². The zero-order valence-electron chi connectivity index (χ0n) is 12.6. The standard InChI is InChI=1S/C18H22BrN/c1-5-20-18(15-8-6-12(2)7-9-15)16-10-13(3)17(19)14(4)11-16/h6-11,18,20H,5H2,1-4H3. The molecule has 0 aliphatic heterocycles. The molecule has 20 heavy (non-hydrogen) atoms. The van der Waals surface area contributed by atoms with Gasteiger partial charge in [0.05, 0.1) is 6.04 Å². The second kappa shape index (κ2) is 6.55. The summed E-state index contributed by atoms with van der Waals surface area (Å²) in [6.07, 6.45) is 0. The molecular formula is C18H22BrN. The van der Waals surface area contributed by atoms with E-state index < -0.39 is 0 Å². The van der Waals surface area contributed by atoms with Crippen molar-refractivity contribution in [1.29, 1.82) is 0 Å². The molecule has 2 rings (SSSR count). The summed E-state index contributed by atoms with van der Waals surface area (Å²) in [6.45, 7) is 9.53. The van der Waals surface area contributed by atoms with Crippen LogP contribution in [-0.2, 0) is 0 Å². The molecule has 2 aromatic rings. The Morgan fingerprint density at radius 3 is 2.00 bits per heavy atom. The first-order valence-electron chi connectivity index (χ1n) is 7.09. The number of benzene rings is 2. The van der Waals surface area contributed by atoms with Gasteiger partial charge in [-0.05, 0) is 49.6 Å². The molecule has 0 radical (unpaired) electrons. The summed E-state index contributed by atoms with van der Waals surface area (Å²) in [5, 5.41) is 3.59. The van der Waals surface area contributed by atoms with E-state index in [1.165, 1.54) is 32.3 Å². The van der Waals surface area contributed by atoms with E-state index in [-0.39, 0.29) is 6.04 Å². The second-order valence-electron chi connectivity index (χ2n) is 5.37. The summed E-state index contributed by atoms with van der Waals surface area (Å²) in [6, 6.07) is 13.6. The van der Waals surface area contributed by atoms with Gasteiger partial charge in [-0.15, -0.1) is 0 Å². The lowest BCUT2D eigenvalue weighted by Crippen LogP contribution is -2.22. The number of aryl methyl sites for hydroxylation is 3. The summed E-state index contributed by atoms with van der Waals surface area (Å²) in [5.41, 5.74) is 6.52. The molecule has 2 aromatic carbocycles. The molecule has 0 heterocycles. The zero-order valence-corrected chi connectivity index (χ0v) is 14.2. The van der Waals surface area contributed by atoms with Gasteiger partial charge in [-0.3, -0.25) is 0 Å². The van der Waals surface area contributed by atoms with Crippen molar-refractivity contribution < 1.29 is 0 Å². The summed E-state index contributed by atoms with van der Waals surface area (Å²) in [4.78, 5) is 0. The third kappa shape index (κ3) is 3.31. The van der Waals surface area contributed by atoms with Crippen molar-refractivity contribution in [3.63, 3.8) is 0 Å². The molecule has 0 saturated carbocycles. The van der Waals surface area contributed by atoms with E-state index in [0.717, 1.165) is 6.54 Å².